The van der Waals surface area contributed by atoms with E-state index in [1.165, 1.54) is 0 Å². The van der Waals surface area contributed by atoms with Gasteiger partial charge in [0, 0.05) is 12.5 Å². The number of aliphatic carboxylic acids is 1. The zero-order valence-electron chi connectivity index (χ0n) is 8.22. The molecule has 0 bridgehead atoms. The van der Waals surface area contributed by atoms with Gasteiger partial charge in [0.15, 0.2) is 0 Å². The van der Waals surface area contributed by atoms with Crippen molar-refractivity contribution in [2.75, 3.05) is 0 Å². The summed E-state index contributed by atoms with van der Waals surface area (Å²) in [6, 6.07) is 7.44. The van der Waals surface area contributed by atoms with E-state index in [0.717, 1.165) is 23.5 Å². The highest BCUT2D eigenvalue weighted by molar-refractivity contribution is 5.85. The lowest BCUT2D eigenvalue weighted by molar-refractivity contribution is -0.131. The maximum absolute atomic E-state index is 10.4. The molecule has 0 heterocycles. The van der Waals surface area contributed by atoms with Crippen LogP contribution in [0.25, 0.3) is 6.08 Å². The molecule has 0 saturated carbocycles. The summed E-state index contributed by atoms with van der Waals surface area (Å²) in [5.41, 5.74) is 1.84. The minimum atomic E-state index is -0.972. The second kappa shape index (κ2) is 5.75. The molecule has 15 heavy (non-hydrogen) atoms. The fourth-order valence-corrected chi connectivity index (χ4v) is 1.30. The first-order chi connectivity index (χ1) is 7.24. The third-order valence-corrected chi connectivity index (χ3v) is 1.99. The zero-order valence-corrected chi connectivity index (χ0v) is 8.22. The Balaban J connectivity index is 2.85. The maximum atomic E-state index is 10.4. The number of hydrogen-bond acceptors (Lipinski definition) is 2. The van der Waals surface area contributed by atoms with Gasteiger partial charge in [0.2, 0.25) is 0 Å². The summed E-state index contributed by atoms with van der Waals surface area (Å²) >= 11 is 0. The smallest absolute Gasteiger partial charge is 0.328 e. The molecule has 1 N–H and O–H groups in total. The normalized spacial score (nSPS) is 10.4. The van der Waals surface area contributed by atoms with Gasteiger partial charge in [-0.3, -0.25) is 0 Å². The number of aldehydes is 1. The first-order valence-corrected chi connectivity index (χ1v) is 4.66. The summed E-state index contributed by atoms with van der Waals surface area (Å²) in [6.07, 6.45) is 4.60. The second-order valence-electron chi connectivity index (χ2n) is 3.08. The quantitative estimate of drug-likeness (QED) is 0.588. The van der Waals surface area contributed by atoms with E-state index >= 15 is 0 Å². The fourth-order valence-electron chi connectivity index (χ4n) is 1.30. The van der Waals surface area contributed by atoms with Crippen LogP contribution in [0.5, 0.6) is 0 Å². The van der Waals surface area contributed by atoms with Gasteiger partial charge in [-0.2, -0.15) is 0 Å². The van der Waals surface area contributed by atoms with Crippen LogP contribution in [0.2, 0.25) is 0 Å². The Morgan fingerprint density at radius 2 is 2.07 bits per heavy atom. The number of aryl methyl sites for hydroxylation is 1. The molecule has 0 aromatic heterocycles. The molecule has 0 aliphatic carbocycles. The van der Waals surface area contributed by atoms with Gasteiger partial charge in [-0.25, -0.2) is 4.79 Å². The molecule has 1 aromatic carbocycles. The first-order valence-electron chi connectivity index (χ1n) is 4.66. The van der Waals surface area contributed by atoms with Gasteiger partial charge in [0.1, 0.15) is 6.29 Å². The van der Waals surface area contributed by atoms with Gasteiger partial charge in [-0.15, -0.1) is 0 Å². The van der Waals surface area contributed by atoms with E-state index in [1.54, 1.807) is 6.08 Å². The molecule has 1 rings (SSSR count). The van der Waals surface area contributed by atoms with Gasteiger partial charge >= 0.3 is 5.97 Å². The van der Waals surface area contributed by atoms with Crippen LogP contribution in [0.1, 0.15) is 17.5 Å². The van der Waals surface area contributed by atoms with E-state index in [0.29, 0.717) is 12.8 Å². The van der Waals surface area contributed by atoms with Gasteiger partial charge in [-0.1, -0.05) is 24.3 Å². The van der Waals surface area contributed by atoms with E-state index in [-0.39, 0.29) is 0 Å². The highest BCUT2D eigenvalue weighted by Crippen LogP contribution is 2.12. The van der Waals surface area contributed by atoms with Gasteiger partial charge in [0.25, 0.3) is 0 Å². The number of carboxylic acid groups (broad SMARTS) is 1. The molecule has 1 aromatic rings. The van der Waals surface area contributed by atoms with Gasteiger partial charge in [-0.05, 0) is 23.6 Å². The van der Waals surface area contributed by atoms with Crippen LogP contribution in [-0.4, -0.2) is 17.4 Å². The molecule has 0 saturated heterocycles. The van der Waals surface area contributed by atoms with Crippen LogP contribution in [0.4, 0.5) is 0 Å². The third kappa shape index (κ3) is 3.77. The topological polar surface area (TPSA) is 54.4 Å². The first kappa shape index (κ1) is 11.2. The lowest BCUT2D eigenvalue weighted by Gasteiger charge is -2.02. The predicted octanol–water partition coefficient (Wildman–Crippen LogP) is 1.92. The minimum absolute atomic E-state index is 0.456. The summed E-state index contributed by atoms with van der Waals surface area (Å²) in [5.74, 6) is -0.972. The standard InChI is InChI=1S/C12H12O3/c13-9-3-6-10-4-1-2-5-11(10)7-8-12(14)15/h1-2,4-5,7-9H,3,6H2,(H,14,15)/b8-7+. The maximum Gasteiger partial charge on any atom is 0.328 e. The molecule has 0 radical (unpaired) electrons. The summed E-state index contributed by atoms with van der Waals surface area (Å²) in [5, 5.41) is 8.50. The summed E-state index contributed by atoms with van der Waals surface area (Å²) < 4.78 is 0. The summed E-state index contributed by atoms with van der Waals surface area (Å²) in [7, 11) is 0. The highest BCUT2D eigenvalue weighted by atomic mass is 16.4. The number of rotatable bonds is 5. The Morgan fingerprint density at radius 3 is 2.73 bits per heavy atom. The van der Waals surface area contributed by atoms with Crippen LogP contribution >= 0.6 is 0 Å². The molecule has 0 aliphatic heterocycles. The van der Waals surface area contributed by atoms with Crippen molar-refractivity contribution in [3.8, 4) is 0 Å². The van der Waals surface area contributed by atoms with E-state index in [4.69, 9.17) is 5.11 Å². The van der Waals surface area contributed by atoms with Gasteiger partial charge < -0.3 is 9.90 Å². The second-order valence-corrected chi connectivity index (χ2v) is 3.08. The van der Waals surface area contributed by atoms with Crippen molar-refractivity contribution in [3.05, 3.63) is 41.5 Å². The van der Waals surface area contributed by atoms with E-state index in [2.05, 4.69) is 0 Å². The van der Waals surface area contributed by atoms with Crippen molar-refractivity contribution in [3.63, 3.8) is 0 Å². The Morgan fingerprint density at radius 1 is 1.33 bits per heavy atom. The largest absolute Gasteiger partial charge is 0.478 e. The lowest BCUT2D eigenvalue weighted by atomic mass is 10.0. The van der Waals surface area contributed by atoms with Crippen LogP contribution in [0.3, 0.4) is 0 Å². The number of hydrogen-bond donors (Lipinski definition) is 1. The number of benzene rings is 1. The molecule has 0 aliphatic rings. The van der Waals surface area contributed by atoms with Crippen molar-refractivity contribution < 1.29 is 14.7 Å². The predicted molar refractivity (Wildman–Crippen MR) is 57.5 cm³/mol. The Bertz CT molecular complexity index is 380. The van der Waals surface area contributed by atoms with E-state index in [1.807, 2.05) is 24.3 Å². The SMILES string of the molecule is O=CCCc1ccccc1/C=C/C(=O)O. The number of carbonyl (C=O) groups is 2. The monoisotopic (exact) mass is 204 g/mol. The zero-order chi connectivity index (χ0) is 11.1. The average Bonchev–Trinajstić information content (AvgIpc) is 2.24. The van der Waals surface area contributed by atoms with E-state index < -0.39 is 5.97 Å². The number of carbonyl (C=O) groups excluding carboxylic acids is 1. The Kier molecular flexibility index (Phi) is 4.29. The molecule has 3 nitrogen and oxygen atoms in total. The van der Waals surface area contributed by atoms with Crippen molar-refractivity contribution in [1.82, 2.24) is 0 Å². The number of carboxylic acids is 1. The minimum Gasteiger partial charge on any atom is -0.478 e. The van der Waals surface area contributed by atoms with Crippen molar-refractivity contribution in [2.24, 2.45) is 0 Å². The average molecular weight is 204 g/mol. The lowest BCUT2D eigenvalue weighted by Crippen LogP contribution is -1.91. The molecule has 0 fully saturated rings. The fraction of sp³-hybridized carbons (Fsp3) is 0.167. The van der Waals surface area contributed by atoms with Crippen LogP contribution < -0.4 is 0 Å². The molecule has 0 amide bonds. The van der Waals surface area contributed by atoms with Crippen molar-refractivity contribution >= 4 is 18.3 Å². The van der Waals surface area contributed by atoms with Crippen molar-refractivity contribution in [2.45, 2.75) is 12.8 Å². The molecule has 0 atom stereocenters. The molecular formula is C12H12O3. The molecule has 0 spiro atoms. The highest BCUT2D eigenvalue weighted by Gasteiger charge is 1.98. The molecule has 0 unspecified atom stereocenters. The third-order valence-electron chi connectivity index (χ3n) is 1.99. The molecular weight excluding hydrogens is 192 g/mol. The Hall–Kier alpha value is -1.90. The van der Waals surface area contributed by atoms with Crippen LogP contribution in [-0.2, 0) is 16.0 Å². The van der Waals surface area contributed by atoms with Crippen molar-refractivity contribution in [1.29, 1.82) is 0 Å². The van der Waals surface area contributed by atoms with Crippen LogP contribution in [0, 0.1) is 0 Å². The summed E-state index contributed by atoms with van der Waals surface area (Å²) in [4.78, 5) is 20.6. The van der Waals surface area contributed by atoms with Gasteiger partial charge in [0.05, 0.1) is 0 Å². The molecule has 78 valence electrons. The Labute approximate surface area is 88.0 Å². The molecule has 3 heteroatoms. The summed E-state index contributed by atoms with van der Waals surface area (Å²) in [6.45, 7) is 0. The van der Waals surface area contributed by atoms with Crippen LogP contribution in [0.15, 0.2) is 30.3 Å². The van der Waals surface area contributed by atoms with E-state index in [9.17, 15) is 9.59 Å².